The van der Waals surface area contributed by atoms with Crippen molar-refractivity contribution in [2.45, 2.75) is 36.5 Å². The van der Waals surface area contributed by atoms with Gasteiger partial charge in [-0.2, -0.15) is 0 Å². The number of carbonyl (C=O) groups is 1. The number of carboxylic acid groups (broad SMARTS) is 1. The van der Waals surface area contributed by atoms with E-state index in [0.717, 1.165) is 24.9 Å². The van der Waals surface area contributed by atoms with Crippen LogP contribution in [0.4, 0.5) is 0 Å². The minimum Gasteiger partial charge on any atom is -0.482 e. The van der Waals surface area contributed by atoms with Crippen LogP contribution >= 0.6 is 0 Å². The lowest BCUT2D eigenvalue weighted by molar-refractivity contribution is -0.139. The molecule has 1 spiro atoms. The fourth-order valence-corrected chi connectivity index (χ4v) is 5.48. The summed E-state index contributed by atoms with van der Waals surface area (Å²) in [4.78, 5) is 13.3. The van der Waals surface area contributed by atoms with E-state index in [1.54, 1.807) is 6.07 Å². The van der Waals surface area contributed by atoms with Gasteiger partial charge in [-0.1, -0.05) is 18.2 Å². The highest BCUT2D eigenvalue weighted by Gasteiger charge is 2.64. The van der Waals surface area contributed by atoms with E-state index in [1.807, 2.05) is 12.1 Å². The Bertz CT molecular complexity index is 790. The van der Waals surface area contributed by atoms with Crippen molar-refractivity contribution in [2.75, 3.05) is 20.2 Å². The summed E-state index contributed by atoms with van der Waals surface area (Å²) >= 11 is 0. The van der Waals surface area contributed by atoms with E-state index in [1.165, 1.54) is 5.56 Å². The lowest BCUT2D eigenvalue weighted by Gasteiger charge is -2.56. The maximum Gasteiger partial charge on any atom is 0.341 e. The molecule has 0 aromatic heterocycles. The fourth-order valence-electron chi connectivity index (χ4n) is 5.48. The number of hydrogen-bond donors (Lipinski definition) is 2. The van der Waals surface area contributed by atoms with Crippen molar-refractivity contribution < 1.29 is 24.5 Å². The number of likely N-dealkylation sites (N-methyl/N-ethyl adjacent to an activating group) is 1. The van der Waals surface area contributed by atoms with Crippen LogP contribution in [-0.2, 0) is 16.6 Å². The average Bonchev–Trinajstić information content (AvgIpc) is 2.94. The summed E-state index contributed by atoms with van der Waals surface area (Å²) in [5.74, 6) is 0.383. The molecule has 25 heavy (non-hydrogen) atoms. The predicted molar refractivity (Wildman–Crippen MR) is 89.0 cm³/mol. The molecule has 2 aliphatic heterocycles. The molecule has 5 rings (SSSR count). The first kappa shape index (κ1) is 15.2. The predicted octanol–water partition coefficient (Wildman–Crippen LogP) is 0.956. The van der Waals surface area contributed by atoms with Crippen molar-refractivity contribution in [3.63, 3.8) is 0 Å². The first-order chi connectivity index (χ1) is 12.0. The Balaban J connectivity index is 1.69. The largest absolute Gasteiger partial charge is 0.482 e. The second-order valence-corrected chi connectivity index (χ2v) is 7.59. The summed E-state index contributed by atoms with van der Waals surface area (Å²) in [7, 11) is 2.16. The van der Waals surface area contributed by atoms with E-state index in [4.69, 9.17) is 14.6 Å². The lowest BCUT2D eigenvalue weighted by atomic mass is 9.53. The summed E-state index contributed by atoms with van der Waals surface area (Å²) in [6.45, 7) is 0.559. The van der Waals surface area contributed by atoms with Gasteiger partial charge in [0.1, 0.15) is 12.2 Å². The van der Waals surface area contributed by atoms with E-state index >= 15 is 0 Å². The van der Waals surface area contributed by atoms with Gasteiger partial charge in [0.25, 0.3) is 0 Å². The molecule has 2 N–H and O–H groups in total. The summed E-state index contributed by atoms with van der Waals surface area (Å²) in [5, 5.41) is 19.5. The molecular weight excluding hydrogens is 322 g/mol. The van der Waals surface area contributed by atoms with Gasteiger partial charge in [-0.05, 0) is 38.1 Å². The van der Waals surface area contributed by atoms with Crippen molar-refractivity contribution in [2.24, 2.45) is 5.92 Å². The molecule has 4 aliphatic rings. The van der Waals surface area contributed by atoms with Gasteiger partial charge in [-0.3, -0.25) is 0 Å². The molecule has 132 valence electrons. The van der Waals surface area contributed by atoms with E-state index in [-0.39, 0.29) is 11.5 Å². The van der Waals surface area contributed by atoms with Crippen molar-refractivity contribution in [3.8, 4) is 11.5 Å². The number of ether oxygens (including phenoxy) is 2. The topological polar surface area (TPSA) is 79.2 Å². The highest BCUT2D eigenvalue weighted by molar-refractivity contribution is 5.69. The van der Waals surface area contributed by atoms with Crippen molar-refractivity contribution in [3.05, 3.63) is 35.4 Å². The monoisotopic (exact) mass is 343 g/mol. The standard InChI is InChI=1S/C19H21NO5/c1-20-7-6-19-11-3-4-13(21)18(19)25-17-14(24-9-15(22)23)5-2-10(16(17)19)8-12(11)20/h2-5,11-13,18,21H,6-9H2,1H3,(H,22,23). The smallest absolute Gasteiger partial charge is 0.341 e. The van der Waals surface area contributed by atoms with Crippen LogP contribution in [0.25, 0.3) is 0 Å². The molecular formula is C19H21NO5. The van der Waals surface area contributed by atoms with Crippen molar-refractivity contribution >= 4 is 5.97 Å². The van der Waals surface area contributed by atoms with Gasteiger partial charge < -0.3 is 24.6 Å². The van der Waals surface area contributed by atoms with E-state index in [2.05, 4.69) is 18.0 Å². The number of rotatable bonds is 3. The Kier molecular flexibility index (Phi) is 3.04. The average molecular weight is 343 g/mol. The third-order valence-electron chi connectivity index (χ3n) is 6.49. The molecule has 5 unspecified atom stereocenters. The molecule has 2 bridgehead atoms. The van der Waals surface area contributed by atoms with Crippen LogP contribution in [0.5, 0.6) is 11.5 Å². The number of aliphatic carboxylic acids is 1. The van der Waals surface area contributed by atoms with Gasteiger partial charge in [-0.15, -0.1) is 0 Å². The first-order valence-corrected chi connectivity index (χ1v) is 8.76. The number of hydrogen-bond acceptors (Lipinski definition) is 5. The number of nitrogens with zero attached hydrogens (tertiary/aromatic N) is 1. The van der Waals surface area contributed by atoms with Crippen LogP contribution in [0.1, 0.15) is 17.5 Å². The molecule has 6 nitrogen and oxygen atoms in total. The van der Waals surface area contributed by atoms with Gasteiger partial charge in [0, 0.05) is 22.9 Å². The Morgan fingerprint density at radius 3 is 3.08 bits per heavy atom. The minimum absolute atomic E-state index is 0.239. The number of likely N-dealkylation sites (tertiary alicyclic amines) is 1. The Morgan fingerprint density at radius 2 is 2.28 bits per heavy atom. The first-order valence-electron chi connectivity index (χ1n) is 8.76. The number of aliphatic hydroxyl groups is 1. The maximum absolute atomic E-state index is 10.9. The van der Waals surface area contributed by atoms with Crippen LogP contribution < -0.4 is 9.47 Å². The molecule has 2 heterocycles. The summed E-state index contributed by atoms with van der Waals surface area (Å²) in [5.41, 5.74) is 2.13. The molecule has 1 aromatic carbocycles. The zero-order valence-electron chi connectivity index (χ0n) is 14.0. The molecule has 0 radical (unpaired) electrons. The Hall–Kier alpha value is -2.05. The molecule has 5 atom stereocenters. The molecule has 2 aliphatic carbocycles. The zero-order chi connectivity index (χ0) is 17.3. The maximum atomic E-state index is 10.9. The van der Waals surface area contributed by atoms with Gasteiger partial charge in [0.15, 0.2) is 18.1 Å². The third kappa shape index (κ3) is 1.84. The summed E-state index contributed by atoms with van der Waals surface area (Å²) in [6.07, 6.45) is 4.87. The number of benzene rings is 1. The van der Waals surface area contributed by atoms with E-state index < -0.39 is 18.7 Å². The quantitative estimate of drug-likeness (QED) is 0.796. The van der Waals surface area contributed by atoms with Crippen LogP contribution in [0.2, 0.25) is 0 Å². The fraction of sp³-hybridized carbons (Fsp3) is 0.526. The Morgan fingerprint density at radius 1 is 1.44 bits per heavy atom. The van der Waals surface area contributed by atoms with E-state index in [0.29, 0.717) is 23.5 Å². The van der Waals surface area contributed by atoms with Gasteiger partial charge >= 0.3 is 5.97 Å². The molecule has 0 saturated carbocycles. The number of carboxylic acids is 1. The summed E-state index contributed by atoms with van der Waals surface area (Å²) in [6, 6.07) is 4.24. The summed E-state index contributed by atoms with van der Waals surface area (Å²) < 4.78 is 11.7. The van der Waals surface area contributed by atoms with Gasteiger partial charge in [0.2, 0.25) is 0 Å². The number of piperidine rings is 1. The van der Waals surface area contributed by atoms with E-state index in [9.17, 15) is 9.90 Å². The van der Waals surface area contributed by atoms with Crippen LogP contribution in [0.3, 0.4) is 0 Å². The van der Waals surface area contributed by atoms with Crippen LogP contribution in [-0.4, -0.2) is 59.5 Å². The molecule has 1 fully saturated rings. The van der Waals surface area contributed by atoms with Crippen LogP contribution in [0, 0.1) is 5.92 Å². The number of aliphatic hydroxyl groups excluding tert-OH is 1. The molecule has 0 amide bonds. The lowest BCUT2D eigenvalue weighted by Crippen LogP contribution is -2.64. The normalized spacial score (nSPS) is 37.4. The third-order valence-corrected chi connectivity index (χ3v) is 6.49. The molecule has 1 aromatic rings. The molecule has 6 heteroatoms. The Labute approximate surface area is 145 Å². The van der Waals surface area contributed by atoms with Crippen molar-refractivity contribution in [1.82, 2.24) is 4.90 Å². The zero-order valence-corrected chi connectivity index (χ0v) is 14.0. The van der Waals surface area contributed by atoms with Crippen molar-refractivity contribution in [1.29, 1.82) is 0 Å². The van der Waals surface area contributed by atoms with Gasteiger partial charge in [0.05, 0.1) is 0 Å². The highest BCUT2D eigenvalue weighted by atomic mass is 16.5. The van der Waals surface area contributed by atoms with Crippen LogP contribution in [0.15, 0.2) is 24.3 Å². The highest BCUT2D eigenvalue weighted by Crippen LogP contribution is 2.62. The second kappa shape index (κ2) is 4.99. The molecule has 1 saturated heterocycles. The second-order valence-electron chi connectivity index (χ2n) is 7.59. The minimum atomic E-state index is -1.02. The van der Waals surface area contributed by atoms with Gasteiger partial charge in [-0.25, -0.2) is 4.79 Å². The SMILES string of the molecule is CN1CCC23c4c5ccc(OCC(=O)O)c4OC2C(O)C=CC3C1C5.